The number of carboxylic acid groups (broad SMARTS) is 1. The van der Waals surface area contributed by atoms with Crippen molar-refractivity contribution in [2.45, 2.75) is 37.4 Å². The Morgan fingerprint density at radius 2 is 1.74 bits per heavy atom. The molecule has 1 fully saturated rings. The van der Waals surface area contributed by atoms with Crippen LogP contribution in [0.4, 0.5) is 0 Å². The summed E-state index contributed by atoms with van der Waals surface area (Å²) in [5.41, 5.74) is 8.37. The predicted molar refractivity (Wildman–Crippen MR) is 135 cm³/mol. The maximum atomic E-state index is 13.9. The smallest absolute Gasteiger partial charge is 0.308 e. The van der Waals surface area contributed by atoms with Gasteiger partial charge in [-0.3, -0.25) is 25.6 Å². The maximum Gasteiger partial charge on any atom is 0.308 e. The van der Waals surface area contributed by atoms with Crippen LogP contribution in [0.25, 0.3) is 11.1 Å². The molecule has 0 saturated carbocycles. The van der Waals surface area contributed by atoms with Crippen LogP contribution in [-0.2, 0) is 15.1 Å². The molecule has 1 saturated heterocycles. The summed E-state index contributed by atoms with van der Waals surface area (Å²) >= 11 is 0. The number of aromatic nitrogens is 1. The third-order valence-electron chi connectivity index (χ3n) is 6.52. The lowest BCUT2D eigenvalue weighted by Gasteiger charge is -2.32. The van der Waals surface area contributed by atoms with E-state index in [2.05, 4.69) is 42.1 Å². The van der Waals surface area contributed by atoms with E-state index in [0.29, 0.717) is 11.1 Å². The quantitative estimate of drug-likeness (QED) is 0.474. The van der Waals surface area contributed by atoms with Crippen LogP contribution in [0, 0.1) is 0 Å². The van der Waals surface area contributed by atoms with E-state index in [1.165, 1.54) is 10.1 Å². The minimum atomic E-state index is -1.56. The molecule has 7 nitrogen and oxygen atoms in total. The zero-order valence-electron chi connectivity index (χ0n) is 19.9. The van der Waals surface area contributed by atoms with Crippen molar-refractivity contribution >= 4 is 25.1 Å². The van der Waals surface area contributed by atoms with E-state index < -0.39 is 31.8 Å². The SMILES string of the molecule is CN1C(=O)C(c2ccc([Si](C)(C)C)cc2)(c2cccc(-c3cccnc3)c2)NC1(N)CC(=O)O. The number of hydrogen-bond donors (Lipinski definition) is 3. The number of benzene rings is 2. The van der Waals surface area contributed by atoms with Crippen molar-refractivity contribution < 1.29 is 14.7 Å². The number of pyridine rings is 1. The van der Waals surface area contributed by atoms with E-state index in [-0.39, 0.29) is 5.91 Å². The monoisotopic (exact) mass is 474 g/mol. The van der Waals surface area contributed by atoms with Crippen LogP contribution >= 0.6 is 0 Å². The van der Waals surface area contributed by atoms with Crippen molar-refractivity contribution in [3.8, 4) is 11.1 Å². The van der Waals surface area contributed by atoms with Gasteiger partial charge in [-0.05, 0) is 34.4 Å². The Kier molecular flexibility index (Phi) is 5.93. The Hall–Kier alpha value is -3.33. The summed E-state index contributed by atoms with van der Waals surface area (Å²) in [5.74, 6) is -2.95. The van der Waals surface area contributed by atoms with E-state index in [9.17, 15) is 14.7 Å². The molecule has 0 spiro atoms. The highest BCUT2D eigenvalue weighted by Crippen LogP contribution is 2.41. The molecule has 1 aromatic heterocycles. The Balaban J connectivity index is 1.92. The lowest BCUT2D eigenvalue weighted by molar-refractivity contribution is -0.141. The number of carboxylic acids is 1. The van der Waals surface area contributed by atoms with Crippen LogP contribution in [-0.4, -0.2) is 47.8 Å². The van der Waals surface area contributed by atoms with Gasteiger partial charge < -0.3 is 10.0 Å². The van der Waals surface area contributed by atoms with Gasteiger partial charge in [0.05, 0.1) is 14.5 Å². The van der Waals surface area contributed by atoms with Crippen molar-refractivity contribution in [2.75, 3.05) is 7.05 Å². The highest BCUT2D eigenvalue weighted by Gasteiger charge is 2.58. The molecule has 1 amide bonds. The number of nitrogens with two attached hydrogens (primary N) is 1. The first-order chi connectivity index (χ1) is 16.0. The summed E-state index contributed by atoms with van der Waals surface area (Å²) in [7, 11) is -0.0151. The van der Waals surface area contributed by atoms with Gasteiger partial charge in [0.1, 0.15) is 0 Å². The van der Waals surface area contributed by atoms with Gasteiger partial charge in [-0.15, -0.1) is 0 Å². The number of carbonyl (C=O) groups excluding carboxylic acids is 1. The van der Waals surface area contributed by atoms with Crippen LogP contribution < -0.4 is 16.2 Å². The second-order valence-electron chi connectivity index (χ2n) is 9.88. The molecule has 2 aromatic carbocycles. The van der Waals surface area contributed by atoms with Crippen LogP contribution in [0.5, 0.6) is 0 Å². The highest BCUT2D eigenvalue weighted by atomic mass is 28.3. The Labute approximate surface area is 200 Å². The lowest BCUT2D eigenvalue weighted by atomic mass is 9.81. The number of carbonyl (C=O) groups is 2. The fourth-order valence-corrected chi connectivity index (χ4v) is 5.70. The third kappa shape index (κ3) is 4.04. The zero-order chi connectivity index (χ0) is 24.7. The van der Waals surface area contributed by atoms with Crippen molar-refractivity contribution in [2.24, 2.45) is 5.73 Å². The van der Waals surface area contributed by atoms with Crippen molar-refractivity contribution in [1.82, 2.24) is 15.2 Å². The molecule has 2 heterocycles. The largest absolute Gasteiger partial charge is 0.481 e. The molecule has 2 atom stereocenters. The molecule has 1 aliphatic rings. The van der Waals surface area contributed by atoms with E-state index in [1.807, 2.05) is 48.5 Å². The summed E-state index contributed by atoms with van der Waals surface area (Å²) in [6.45, 7) is 6.79. The number of rotatable bonds is 6. The molecular weight excluding hydrogens is 444 g/mol. The van der Waals surface area contributed by atoms with Gasteiger partial charge in [0.25, 0.3) is 5.91 Å². The van der Waals surface area contributed by atoms with Crippen molar-refractivity contribution in [1.29, 1.82) is 0 Å². The second-order valence-corrected chi connectivity index (χ2v) is 15.0. The van der Waals surface area contributed by atoms with E-state index >= 15 is 0 Å². The molecule has 4 N–H and O–H groups in total. The molecule has 1 aliphatic heterocycles. The van der Waals surface area contributed by atoms with E-state index in [1.54, 1.807) is 19.4 Å². The fourth-order valence-electron chi connectivity index (χ4n) is 4.53. The van der Waals surface area contributed by atoms with E-state index in [4.69, 9.17) is 5.73 Å². The highest BCUT2D eigenvalue weighted by molar-refractivity contribution is 6.88. The molecule has 0 radical (unpaired) electrons. The molecule has 0 aliphatic carbocycles. The third-order valence-corrected chi connectivity index (χ3v) is 8.59. The molecule has 0 bridgehead atoms. The minimum absolute atomic E-state index is 0.305. The van der Waals surface area contributed by atoms with Gasteiger partial charge in [0, 0.05) is 19.4 Å². The molecule has 176 valence electrons. The topological polar surface area (TPSA) is 109 Å². The summed E-state index contributed by atoms with van der Waals surface area (Å²) in [6, 6.07) is 19.5. The Bertz CT molecular complexity index is 1230. The summed E-state index contributed by atoms with van der Waals surface area (Å²) in [6.07, 6.45) is 3.04. The molecule has 8 heteroatoms. The van der Waals surface area contributed by atoms with Crippen LogP contribution in [0.15, 0.2) is 73.1 Å². The van der Waals surface area contributed by atoms with Gasteiger partial charge in [0.2, 0.25) is 0 Å². The first-order valence-electron chi connectivity index (χ1n) is 11.2. The van der Waals surface area contributed by atoms with Crippen molar-refractivity contribution in [3.63, 3.8) is 0 Å². The van der Waals surface area contributed by atoms with Gasteiger partial charge in [-0.1, -0.05) is 73.4 Å². The van der Waals surface area contributed by atoms with Gasteiger partial charge >= 0.3 is 5.97 Å². The number of nitrogens with one attached hydrogen (secondary N) is 1. The molecule has 3 aromatic rings. The predicted octanol–water partition coefficient (Wildman–Crippen LogP) is 2.69. The summed E-state index contributed by atoms with van der Waals surface area (Å²) < 4.78 is 0. The average molecular weight is 475 g/mol. The zero-order valence-corrected chi connectivity index (χ0v) is 20.9. The number of likely N-dealkylation sites (N-methyl/N-ethyl adjacent to an activating group) is 1. The van der Waals surface area contributed by atoms with Gasteiger partial charge in [0.15, 0.2) is 11.3 Å². The van der Waals surface area contributed by atoms with Gasteiger partial charge in [-0.25, -0.2) is 0 Å². The molecule has 2 unspecified atom stereocenters. The lowest BCUT2D eigenvalue weighted by Crippen LogP contribution is -2.61. The minimum Gasteiger partial charge on any atom is -0.481 e. The Morgan fingerprint density at radius 3 is 2.32 bits per heavy atom. The Morgan fingerprint density at radius 1 is 1.06 bits per heavy atom. The summed E-state index contributed by atoms with van der Waals surface area (Å²) in [4.78, 5) is 31.1. The van der Waals surface area contributed by atoms with Crippen LogP contribution in [0.1, 0.15) is 17.5 Å². The number of nitrogens with zero attached hydrogens (tertiary/aromatic N) is 2. The normalized spacial score (nSPS) is 22.7. The second kappa shape index (κ2) is 8.46. The summed E-state index contributed by atoms with van der Waals surface area (Å²) in [5, 5.41) is 14.0. The number of aliphatic carboxylic acids is 1. The average Bonchev–Trinajstić information content (AvgIpc) is 3.00. The first kappa shape index (κ1) is 23.8. The standard InChI is InChI=1S/C26H30N4O3Si/c1-30-24(33)26(29-25(30,27)16-23(31)32,20-10-12-22(13-11-20)34(2,3)4)21-9-5-7-18(15-21)19-8-6-14-28-17-19/h5-15,17,29H,16,27H2,1-4H3,(H,31,32). The fraction of sp³-hybridized carbons (Fsp3) is 0.269. The number of amides is 1. The molecule has 4 rings (SSSR count). The van der Waals surface area contributed by atoms with Crippen LogP contribution in [0.2, 0.25) is 19.6 Å². The molecular formula is C26H30N4O3Si. The maximum absolute atomic E-state index is 13.9. The van der Waals surface area contributed by atoms with Gasteiger partial charge in [-0.2, -0.15) is 0 Å². The van der Waals surface area contributed by atoms with E-state index in [0.717, 1.165) is 11.1 Å². The molecule has 34 heavy (non-hydrogen) atoms. The van der Waals surface area contributed by atoms with Crippen LogP contribution in [0.3, 0.4) is 0 Å². The first-order valence-corrected chi connectivity index (χ1v) is 14.7. The van der Waals surface area contributed by atoms with Crippen molar-refractivity contribution in [3.05, 3.63) is 84.2 Å². The number of hydrogen-bond acceptors (Lipinski definition) is 5.